The lowest BCUT2D eigenvalue weighted by Gasteiger charge is -2.27. The van der Waals surface area contributed by atoms with E-state index in [1.165, 1.54) is 0 Å². The number of amides is 1. The molecule has 2 atom stereocenters. The SMILES string of the molecule is C[C@@]1(COCOCC[Si](C)(C)C)OC(=O)N2CCC[C@H]21. The summed E-state index contributed by atoms with van der Waals surface area (Å²) < 4.78 is 16.6. The second-order valence-corrected chi connectivity index (χ2v) is 12.8. The summed E-state index contributed by atoms with van der Waals surface area (Å²) >= 11 is 0. The predicted octanol–water partition coefficient (Wildman–Crippen LogP) is 2.69. The first kappa shape index (κ1) is 15.8. The van der Waals surface area contributed by atoms with Crippen LogP contribution in [0, 0.1) is 0 Å². The number of hydrogen-bond acceptors (Lipinski definition) is 4. The van der Waals surface area contributed by atoms with Crippen molar-refractivity contribution in [2.45, 2.75) is 57.1 Å². The molecule has 2 aliphatic rings. The Labute approximate surface area is 122 Å². The third-order valence-electron chi connectivity index (χ3n) is 4.06. The minimum Gasteiger partial charge on any atom is -0.438 e. The highest BCUT2D eigenvalue weighted by Crippen LogP contribution is 2.36. The summed E-state index contributed by atoms with van der Waals surface area (Å²) in [6.07, 6.45) is 1.86. The van der Waals surface area contributed by atoms with Gasteiger partial charge in [-0.05, 0) is 25.8 Å². The van der Waals surface area contributed by atoms with Crippen molar-refractivity contribution in [3.63, 3.8) is 0 Å². The van der Waals surface area contributed by atoms with Crippen molar-refractivity contribution < 1.29 is 19.0 Å². The Morgan fingerprint density at radius 2 is 2.15 bits per heavy atom. The van der Waals surface area contributed by atoms with Crippen molar-refractivity contribution in [2.75, 3.05) is 26.6 Å². The average molecular weight is 301 g/mol. The molecule has 6 heteroatoms. The quantitative estimate of drug-likeness (QED) is 0.412. The Morgan fingerprint density at radius 3 is 2.85 bits per heavy atom. The van der Waals surface area contributed by atoms with E-state index in [0.717, 1.165) is 32.0 Å². The maximum absolute atomic E-state index is 11.7. The van der Waals surface area contributed by atoms with Gasteiger partial charge in [0.25, 0.3) is 0 Å². The number of hydrogen-bond donors (Lipinski definition) is 0. The van der Waals surface area contributed by atoms with Gasteiger partial charge in [-0.1, -0.05) is 19.6 Å². The largest absolute Gasteiger partial charge is 0.438 e. The van der Waals surface area contributed by atoms with Crippen LogP contribution in [0.3, 0.4) is 0 Å². The molecule has 0 bridgehead atoms. The van der Waals surface area contributed by atoms with Crippen molar-refractivity contribution >= 4 is 14.2 Å². The van der Waals surface area contributed by atoms with Gasteiger partial charge in [0, 0.05) is 21.2 Å². The van der Waals surface area contributed by atoms with E-state index in [1.54, 1.807) is 0 Å². The number of carbonyl (C=O) groups excluding carboxylic acids is 1. The zero-order chi connectivity index (χ0) is 14.8. The zero-order valence-electron chi connectivity index (χ0n) is 13.1. The standard InChI is InChI=1S/C14H27NO4Si/c1-14(10-18-11-17-8-9-20(2,3)4)12-6-5-7-15(12)13(16)19-14/h12H,5-11H2,1-4H3/t12-,14-/m0/s1. The van der Waals surface area contributed by atoms with Gasteiger partial charge in [-0.25, -0.2) is 4.79 Å². The van der Waals surface area contributed by atoms with Gasteiger partial charge in [-0.3, -0.25) is 0 Å². The van der Waals surface area contributed by atoms with E-state index in [9.17, 15) is 4.79 Å². The van der Waals surface area contributed by atoms with Crippen molar-refractivity contribution in [1.29, 1.82) is 0 Å². The second kappa shape index (κ2) is 6.03. The molecule has 5 nitrogen and oxygen atoms in total. The van der Waals surface area contributed by atoms with Gasteiger partial charge < -0.3 is 19.1 Å². The van der Waals surface area contributed by atoms with E-state index < -0.39 is 13.7 Å². The van der Waals surface area contributed by atoms with E-state index in [2.05, 4.69) is 19.6 Å². The fourth-order valence-electron chi connectivity index (χ4n) is 2.81. The third kappa shape index (κ3) is 3.74. The molecule has 2 rings (SSSR count). The first-order valence-corrected chi connectivity index (χ1v) is 11.2. The molecular formula is C14H27NO4Si. The van der Waals surface area contributed by atoms with Crippen LogP contribution in [0.1, 0.15) is 19.8 Å². The summed E-state index contributed by atoms with van der Waals surface area (Å²) in [5.74, 6) is 0. The topological polar surface area (TPSA) is 48.0 Å². The van der Waals surface area contributed by atoms with E-state index in [-0.39, 0.29) is 18.9 Å². The number of carbonyl (C=O) groups is 1. The van der Waals surface area contributed by atoms with E-state index in [1.807, 2.05) is 11.8 Å². The fraction of sp³-hybridized carbons (Fsp3) is 0.929. The van der Waals surface area contributed by atoms with Crippen LogP contribution in [0.2, 0.25) is 25.7 Å². The summed E-state index contributed by atoms with van der Waals surface area (Å²) in [5.41, 5.74) is -0.518. The molecule has 2 aliphatic heterocycles. The lowest BCUT2D eigenvalue weighted by Crippen LogP contribution is -2.43. The molecule has 2 saturated heterocycles. The predicted molar refractivity (Wildman–Crippen MR) is 79.5 cm³/mol. The van der Waals surface area contributed by atoms with Crippen LogP contribution in [-0.2, 0) is 14.2 Å². The van der Waals surface area contributed by atoms with E-state index >= 15 is 0 Å². The van der Waals surface area contributed by atoms with Crippen LogP contribution in [-0.4, -0.2) is 57.3 Å². The minimum absolute atomic E-state index is 0.164. The minimum atomic E-state index is -1.04. The maximum Gasteiger partial charge on any atom is 0.410 e. The number of rotatable bonds is 7. The van der Waals surface area contributed by atoms with Gasteiger partial charge in [-0.15, -0.1) is 0 Å². The third-order valence-corrected chi connectivity index (χ3v) is 5.77. The number of cyclic esters (lactones) is 1. The fourth-order valence-corrected chi connectivity index (χ4v) is 3.57. The number of fused-ring (bicyclic) bond motifs is 1. The highest BCUT2D eigenvalue weighted by atomic mass is 28.3. The summed E-state index contributed by atoms with van der Waals surface area (Å²) in [6, 6.07) is 1.30. The Kier molecular flexibility index (Phi) is 4.76. The van der Waals surface area contributed by atoms with Crippen molar-refractivity contribution in [3.8, 4) is 0 Å². The smallest absolute Gasteiger partial charge is 0.410 e. The molecule has 0 radical (unpaired) electrons. The van der Waals surface area contributed by atoms with Gasteiger partial charge >= 0.3 is 6.09 Å². The van der Waals surface area contributed by atoms with E-state index in [4.69, 9.17) is 14.2 Å². The molecule has 2 heterocycles. The first-order chi connectivity index (χ1) is 9.32. The van der Waals surface area contributed by atoms with Crippen molar-refractivity contribution in [2.24, 2.45) is 0 Å². The van der Waals surface area contributed by atoms with Gasteiger partial charge in [0.15, 0.2) is 5.60 Å². The van der Waals surface area contributed by atoms with Gasteiger partial charge in [0.05, 0.1) is 12.6 Å². The molecule has 0 aromatic rings. The summed E-state index contributed by atoms with van der Waals surface area (Å²) in [6.45, 7) is 11.2. The highest BCUT2D eigenvalue weighted by molar-refractivity contribution is 6.76. The molecule has 0 aliphatic carbocycles. The van der Waals surface area contributed by atoms with Crippen LogP contribution in [0.25, 0.3) is 0 Å². The number of ether oxygens (including phenoxy) is 3. The van der Waals surface area contributed by atoms with Crippen LogP contribution >= 0.6 is 0 Å². The Hall–Kier alpha value is -0.593. The molecular weight excluding hydrogens is 274 g/mol. The molecule has 20 heavy (non-hydrogen) atoms. The molecule has 0 N–H and O–H groups in total. The molecule has 0 unspecified atom stereocenters. The lowest BCUT2D eigenvalue weighted by molar-refractivity contribution is -0.102. The second-order valence-electron chi connectivity index (χ2n) is 7.22. The molecule has 0 aromatic carbocycles. The maximum atomic E-state index is 11.7. The zero-order valence-corrected chi connectivity index (χ0v) is 14.1. The molecule has 0 spiro atoms. The molecule has 0 aromatic heterocycles. The van der Waals surface area contributed by atoms with E-state index in [0.29, 0.717) is 6.61 Å². The Bertz CT molecular complexity index is 358. The monoisotopic (exact) mass is 301 g/mol. The molecule has 0 saturated carbocycles. The van der Waals surface area contributed by atoms with Gasteiger partial charge in [0.1, 0.15) is 6.79 Å². The van der Waals surface area contributed by atoms with Crippen molar-refractivity contribution in [1.82, 2.24) is 4.90 Å². The van der Waals surface area contributed by atoms with Crippen LogP contribution in [0.15, 0.2) is 0 Å². The first-order valence-electron chi connectivity index (χ1n) is 7.47. The normalized spacial score (nSPS) is 29.7. The molecule has 1 amide bonds. The summed E-state index contributed by atoms with van der Waals surface area (Å²) in [7, 11) is -1.04. The molecule has 2 fully saturated rings. The summed E-state index contributed by atoms with van der Waals surface area (Å²) in [4.78, 5) is 13.6. The number of nitrogens with zero attached hydrogens (tertiary/aromatic N) is 1. The Balaban J connectivity index is 1.68. The van der Waals surface area contributed by atoms with Crippen LogP contribution < -0.4 is 0 Å². The lowest BCUT2D eigenvalue weighted by atomic mass is 9.96. The highest BCUT2D eigenvalue weighted by Gasteiger charge is 2.52. The van der Waals surface area contributed by atoms with Crippen molar-refractivity contribution in [3.05, 3.63) is 0 Å². The average Bonchev–Trinajstić information content (AvgIpc) is 2.88. The Morgan fingerprint density at radius 1 is 1.40 bits per heavy atom. The van der Waals surface area contributed by atoms with Crippen LogP contribution in [0.5, 0.6) is 0 Å². The summed E-state index contributed by atoms with van der Waals surface area (Å²) in [5, 5.41) is 0. The molecule has 116 valence electrons. The van der Waals surface area contributed by atoms with Gasteiger partial charge in [-0.2, -0.15) is 0 Å². The van der Waals surface area contributed by atoms with Gasteiger partial charge in [0.2, 0.25) is 0 Å². The van der Waals surface area contributed by atoms with Crippen LogP contribution in [0.4, 0.5) is 4.79 Å².